The van der Waals surface area contributed by atoms with Crippen LogP contribution in [-0.2, 0) is 12.3 Å². The molecule has 0 bridgehead atoms. The van der Waals surface area contributed by atoms with Crippen LogP contribution in [0.2, 0.25) is 0 Å². The van der Waals surface area contributed by atoms with E-state index < -0.39 is 20.0 Å². The average molecular weight is 636 g/mol. The van der Waals surface area contributed by atoms with E-state index in [9.17, 15) is 0 Å². The molecule has 4 nitrogen and oxygen atoms in total. The Morgan fingerprint density at radius 3 is 0.757 bits per heavy atom. The van der Waals surface area contributed by atoms with E-state index in [2.05, 4.69) is 55.4 Å². The van der Waals surface area contributed by atoms with Gasteiger partial charge in [-0.15, -0.1) is 0 Å². The van der Waals surface area contributed by atoms with Crippen LogP contribution in [0.5, 0.6) is 0 Å². The molecular formula is C32H68O4Sn. The van der Waals surface area contributed by atoms with Crippen molar-refractivity contribution >= 4 is 20.0 Å². The summed E-state index contributed by atoms with van der Waals surface area (Å²) in [5, 5.41) is 0. The van der Waals surface area contributed by atoms with Gasteiger partial charge < -0.3 is 0 Å². The van der Waals surface area contributed by atoms with Crippen molar-refractivity contribution in [2.45, 2.75) is 208 Å². The van der Waals surface area contributed by atoms with Crippen molar-refractivity contribution in [1.82, 2.24) is 0 Å². The van der Waals surface area contributed by atoms with E-state index in [4.69, 9.17) is 12.3 Å². The van der Waals surface area contributed by atoms with E-state index in [1.54, 1.807) is 0 Å². The third-order valence-corrected chi connectivity index (χ3v) is 15.1. The maximum absolute atomic E-state index is 6.86. The number of hydrogen-bond donors (Lipinski definition) is 0. The topological polar surface area (TPSA) is 36.9 Å². The van der Waals surface area contributed by atoms with Crippen molar-refractivity contribution in [3.63, 3.8) is 0 Å². The summed E-state index contributed by atoms with van der Waals surface area (Å²) in [6.45, 7) is 17.9. The van der Waals surface area contributed by atoms with Crippen LogP contribution in [0.25, 0.3) is 0 Å². The summed E-state index contributed by atoms with van der Waals surface area (Å²) in [7, 11) is 0. The Bertz CT molecular complexity index is 390. The molecule has 0 saturated heterocycles. The molecule has 0 aliphatic heterocycles. The third kappa shape index (κ3) is 22.1. The fraction of sp³-hybridized carbons (Fsp3) is 1.00. The summed E-state index contributed by atoms with van der Waals surface area (Å²) < 4.78 is 27.4. The first kappa shape index (κ1) is 37.6. The van der Waals surface area contributed by atoms with Crippen LogP contribution in [0, 0.1) is 0 Å². The van der Waals surface area contributed by atoms with Crippen LogP contribution in [0.4, 0.5) is 0 Å². The SMILES string of the molecule is CCCCCCC(C)[O][Sn]([O]C(C)CCCCCC)([O]C(C)CCCCCC)[O]C(C)CCCCCC. The van der Waals surface area contributed by atoms with Crippen molar-refractivity contribution in [1.29, 1.82) is 0 Å². The molecule has 4 atom stereocenters. The van der Waals surface area contributed by atoms with Crippen LogP contribution >= 0.6 is 0 Å². The first-order valence-corrected chi connectivity index (χ1v) is 21.2. The van der Waals surface area contributed by atoms with Crippen LogP contribution in [0.15, 0.2) is 0 Å². The first-order chi connectivity index (χ1) is 17.8. The monoisotopic (exact) mass is 636 g/mol. The predicted molar refractivity (Wildman–Crippen MR) is 163 cm³/mol. The molecular weight excluding hydrogens is 567 g/mol. The van der Waals surface area contributed by atoms with Crippen LogP contribution < -0.4 is 0 Å². The minimum atomic E-state index is -4.29. The summed E-state index contributed by atoms with van der Waals surface area (Å²) in [6, 6.07) is 0. The molecule has 0 saturated carbocycles. The van der Waals surface area contributed by atoms with Crippen LogP contribution in [0.1, 0.15) is 184 Å². The molecule has 37 heavy (non-hydrogen) atoms. The number of hydrogen-bond acceptors (Lipinski definition) is 4. The second-order valence-electron chi connectivity index (χ2n) is 11.6. The summed E-state index contributed by atoms with van der Waals surface area (Å²) in [5.41, 5.74) is 0. The average Bonchev–Trinajstić information content (AvgIpc) is 2.85. The molecule has 0 heterocycles. The molecule has 0 aliphatic rings. The Balaban J connectivity index is 5.52. The summed E-state index contributed by atoms with van der Waals surface area (Å²) in [5.74, 6) is 0. The first-order valence-electron chi connectivity index (χ1n) is 16.5. The Morgan fingerprint density at radius 2 is 0.568 bits per heavy atom. The zero-order chi connectivity index (χ0) is 27.8. The Kier molecular flexibility index (Phi) is 26.0. The quantitative estimate of drug-likeness (QED) is 0.0633. The summed E-state index contributed by atoms with van der Waals surface area (Å²) in [4.78, 5) is 0. The molecule has 0 radical (unpaired) electrons. The molecule has 0 fully saturated rings. The normalized spacial score (nSPS) is 16.9. The maximum atomic E-state index is 6.86. The molecule has 0 aromatic carbocycles. The van der Waals surface area contributed by atoms with Crippen LogP contribution in [-0.4, -0.2) is 44.4 Å². The van der Waals surface area contributed by atoms with Gasteiger partial charge in [0.25, 0.3) is 0 Å². The van der Waals surface area contributed by atoms with E-state index in [0.717, 1.165) is 25.7 Å². The Labute approximate surface area is 239 Å². The van der Waals surface area contributed by atoms with Gasteiger partial charge in [0.05, 0.1) is 0 Å². The number of rotatable bonds is 28. The fourth-order valence-electron chi connectivity index (χ4n) is 4.82. The van der Waals surface area contributed by atoms with Crippen molar-refractivity contribution in [3.8, 4) is 0 Å². The molecule has 0 aromatic rings. The second kappa shape index (κ2) is 25.6. The van der Waals surface area contributed by atoms with Gasteiger partial charge in [-0.05, 0) is 0 Å². The molecule has 4 unspecified atom stereocenters. The van der Waals surface area contributed by atoms with E-state index >= 15 is 0 Å². The molecule has 224 valence electrons. The van der Waals surface area contributed by atoms with Gasteiger partial charge in [-0.3, -0.25) is 0 Å². The Hall–Kier alpha value is 0.639. The van der Waals surface area contributed by atoms with Gasteiger partial charge in [0.1, 0.15) is 0 Å². The van der Waals surface area contributed by atoms with Crippen molar-refractivity contribution in [2.75, 3.05) is 0 Å². The standard InChI is InChI=1S/4C8H17O.Sn/c4*1-3-4-5-6-7-8(2)9;/h4*8H,3-7H2,1-2H3;/q4*-1;+4. The summed E-state index contributed by atoms with van der Waals surface area (Å²) in [6.07, 6.45) is 24.7. The Morgan fingerprint density at radius 1 is 0.351 bits per heavy atom. The summed E-state index contributed by atoms with van der Waals surface area (Å²) >= 11 is -4.29. The fourth-order valence-corrected chi connectivity index (χ4v) is 12.7. The van der Waals surface area contributed by atoms with E-state index in [-0.39, 0.29) is 24.4 Å². The van der Waals surface area contributed by atoms with Gasteiger partial charge in [-0.2, -0.15) is 0 Å². The molecule has 0 rings (SSSR count). The van der Waals surface area contributed by atoms with Gasteiger partial charge in [0, 0.05) is 0 Å². The molecule has 0 N–H and O–H groups in total. The second-order valence-corrected chi connectivity index (χ2v) is 17.2. The van der Waals surface area contributed by atoms with E-state index in [0.29, 0.717) is 0 Å². The zero-order valence-electron chi connectivity index (χ0n) is 26.6. The van der Waals surface area contributed by atoms with Crippen molar-refractivity contribution in [3.05, 3.63) is 0 Å². The third-order valence-electron chi connectivity index (χ3n) is 7.24. The zero-order valence-corrected chi connectivity index (χ0v) is 29.4. The van der Waals surface area contributed by atoms with Gasteiger partial charge in [0.2, 0.25) is 0 Å². The molecule has 0 aromatic heterocycles. The van der Waals surface area contributed by atoms with Crippen molar-refractivity contribution < 1.29 is 12.3 Å². The predicted octanol–water partition coefficient (Wildman–Crippen LogP) is 10.9. The minimum absolute atomic E-state index is 0.111. The van der Waals surface area contributed by atoms with Crippen molar-refractivity contribution in [2.24, 2.45) is 0 Å². The van der Waals surface area contributed by atoms with Crippen LogP contribution in [0.3, 0.4) is 0 Å². The van der Waals surface area contributed by atoms with E-state index in [1.165, 1.54) is 103 Å². The molecule has 0 aliphatic carbocycles. The molecule has 0 amide bonds. The van der Waals surface area contributed by atoms with Gasteiger partial charge in [-0.25, -0.2) is 0 Å². The van der Waals surface area contributed by atoms with Gasteiger partial charge in [0.15, 0.2) is 0 Å². The number of unbranched alkanes of at least 4 members (excludes halogenated alkanes) is 12. The molecule has 5 heteroatoms. The van der Waals surface area contributed by atoms with E-state index in [1.807, 2.05) is 0 Å². The van der Waals surface area contributed by atoms with Gasteiger partial charge >= 0.3 is 241 Å². The van der Waals surface area contributed by atoms with Gasteiger partial charge in [-0.1, -0.05) is 0 Å². The molecule has 0 spiro atoms.